The fourth-order valence-corrected chi connectivity index (χ4v) is 4.54. The maximum Gasteiger partial charge on any atom is 0.357 e. The van der Waals surface area contributed by atoms with Crippen LogP contribution in [0.2, 0.25) is 5.02 Å². The molecule has 0 saturated heterocycles. The molecule has 1 heterocycles. The average molecular weight is 586 g/mol. The summed E-state index contributed by atoms with van der Waals surface area (Å²) in [6, 6.07) is 19.4. The molecule has 0 atom stereocenters. The number of nitrogens with zero attached hydrogens (tertiary/aromatic N) is 2. The van der Waals surface area contributed by atoms with Gasteiger partial charge in [0.1, 0.15) is 29.4 Å². The highest BCUT2D eigenvalue weighted by molar-refractivity contribution is 9.10. The Morgan fingerprint density at radius 1 is 0.919 bits per heavy atom. The van der Waals surface area contributed by atoms with Crippen molar-refractivity contribution >= 4 is 39.5 Å². The van der Waals surface area contributed by atoms with Crippen molar-refractivity contribution in [2.75, 3.05) is 21.3 Å². The van der Waals surface area contributed by atoms with Gasteiger partial charge in [-0.15, -0.1) is 0 Å². The zero-order valence-corrected chi connectivity index (χ0v) is 22.5. The van der Waals surface area contributed by atoms with Crippen LogP contribution in [0.25, 0.3) is 16.9 Å². The molecule has 1 aromatic heterocycles. The molecule has 0 spiro atoms. The third-order valence-corrected chi connectivity index (χ3v) is 6.34. The van der Waals surface area contributed by atoms with Crippen LogP contribution in [0.4, 0.5) is 0 Å². The maximum atomic E-state index is 12.9. The van der Waals surface area contributed by atoms with Crippen LogP contribution in [0.1, 0.15) is 26.4 Å². The van der Waals surface area contributed by atoms with E-state index in [0.717, 1.165) is 0 Å². The molecule has 0 aliphatic rings. The molecule has 10 heteroatoms. The predicted molar refractivity (Wildman–Crippen MR) is 142 cm³/mol. The Balaban J connectivity index is 1.84. The SMILES string of the molecule is COC(=O)c1c(-c2ccc(OC)c(COc3ccc(Cl)cc3Br)c2)nn(-c2ccccc2)c1C(=O)OC. The lowest BCUT2D eigenvalue weighted by atomic mass is 10.0. The second kappa shape index (κ2) is 11.5. The zero-order chi connectivity index (χ0) is 26.5. The first-order valence-electron chi connectivity index (χ1n) is 11.0. The van der Waals surface area contributed by atoms with E-state index in [2.05, 4.69) is 21.0 Å². The van der Waals surface area contributed by atoms with E-state index in [1.807, 2.05) is 6.07 Å². The van der Waals surface area contributed by atoms with E-state index in [0.29, 0.717) is 37.8 Å². The van der Waals surface area contributed by atoms with Crippen LogP contribution in [0.15, 0.2) is 71.2 Å². The van der Waals surface area contributed by atoms with Crippen LogP contribution in [0.3, 0.4) is 0 Å². The Labute approximate surface area is 226 Å². The number of benzene rings is 3. The lowest BCUT2D eigenvalue weighted by molar-refractivity contribution is 0.0549. The van der Waals surface area contributed by atoms with Crippen LogP contribution in [-0.4, -0.2) is 43.0 Å². The van der Waals surface area contributed by atoms with Gasteiger partial charge in [-0.2, -0.15) is 5.10 Å². The van der Waals surface area contributed by atoms with Crippen molar-refractivity contribution in [2.45, 2.75) is 6.61 Å². The first-order valence-corrected chi connectivity index (χ1v) is 12.1. The van der Waals surface area contributed by atoms with Crippen molar-refractivity contribution in [3.63, 3.8) is 0 Å². The molecular formula is C27H22BrClN2O6. The Morgan fingerprint density at radius 2 is 1.62 bits per heavy atom. The highest BCUT2D eigenvalue weighted by Gasteiger charge is 2.31. The minimum atomic E-state index is -0.729. The molecule has 8 nitrogen and oxygen atoms in total. The highest BCUT2D eigenvalue weighted by Crippen LogP contribution is 2.34. The summed E-state index contributed by atoms with van der Waals surface area (Å²) in [6.07, 6.45) is 0. The number of halogens is 2. The molecule has 0 unspecified atom stereocenters. The standard InChI is InChI=1S/C27H22BrClN2O6/c1-34-21-11-9-16(13-17(21)15-37-22-12-10-18(29)14-20(22)28)24-23(26(32)35-2)25(27(33)36-3)31(30-24)19-7-5-4-6-8-19/h4-14H,15H2,1-3H3. The summed E-state index contributed by atoms with van der Waals surface area (Å²) in [6.45, 7) is 0.147. The summed E-state index contributed by atoms with van der Waals surface area (Å²) in [5, 5.41) is 5.21. The number of hydrogen-bond acceptors (Lipinski definition) is 7. The van der Waals surface area contributed by atoms with Gasteiger partial charge in [-0.1, -0.05) is 29.8 Å². The van der Waals surface area contributed by atoms with Gasteiger partial charge in [-0.25, -0.2) is 14.3 Å². The van der Waals surface area contributed by atoms with Gasteiger partial charge >= 0.3 is 11.9 Å². The number of esters is 2. The van der Waals surface area contributed by atoms with Crippen molar-refractivity contribution < 1.29 is 28.5 Å². The number of ether oxygens (including phenoxy) is 4. The summed E-state index contributed by atoms with van der Waals surface area (Å²) in [4.78, 5) is 25.8. The summed E-state index contributed by atoms with van der Waals surface area (Å²) >= 11 is 9.47. The molecule has 4 aromatic rings. The van der Waals surface area contributed by atoms with Gasteiger partial charge < -0.3 is 18.9 Å². The van der Waals surface area contributed by atoms with E-state index >= 15 is 0 Å². The van der Waals surface area contributed by atoms with Gasteiger partial charge in [0.25, 0.3) is 0 Å². The van der Waals surface area contributed by atoms with Gasteiger partial charge in [0, 0.05) is 16.1 Å². The molecule has 190 valence electrons. The third-order valence-electron chi connectivity index (χ3n) is 5.49. The van der Waals surface area contributed by atoms with Crippen LogP contribution in [0, 0.1) is 0 Å². The third kappa shape index (κ3) is 5.47. The number of aromatic nitrogens is 2. The Kier molecular flexibility index (Phi) is 8.15. The smallest absolute Gasteiger partial charge is 0.357 e. The Morgan fingerprint density at radius 3 is 2.27 bits per heavy atom. The molecule has 0 fully saturated rings. The van der Waals surface area contributed by atoms with E-state index in [4.69, 9.17) is 30.5 Å². The summed E-state index contributed by atoms with van der Waals surface area (Å²) in [5.41, 5.74) is 1.99. The van der Waals surface area contributed by atoms with Crippen molar-refractivity contribution in [3.05, 3.63) is 93.0 Å². The summed E-state index contributed by atoms with van der Waals surface area (Å²) in [7, 11) is 4.03. The minimum absolute atomic E-state index is 0.0179. The molecule has 3 aromatic carbocycles. The van der Waals surface area contributed by atoms with Crippen molar-refractivity contribution in [3.8, 4) is 28.4 Å². The molecule has 0 bridgehead atoms. The number of rotatable bonds is 8. The molecule has 0 radical (unpaired) electrons. The summed E-state index contributed by atoms with van der Waals surface area (Å²) in [5.74, 6) is -0.290. The number of para-hydroxylation sites is 1. The van der Waals surface area contributed by atoms with E-state index in [9.17, 15) is 9.59 Å². The number of carbonyl (C=O) groups excluding carboxylic acids is 2. The highest BCUT2D eigenvalue weighted by atomic mass is 79.9. The average Bonchev–Trinajstić information content (AvgIpc) is 3.33. The lowest BCUT2D eigenvalue weighted by Crippen LogP contribution is -2.15. The summed E-state index contributed by atoms with van der Waals surface area (Å²) < 4.78 is 23.6. The molecule has 0 aliphatic heterocycles. The molecule has 0 N–H and O–H groups in total. The van der Waals surface area contributed by atoms with Crippen LogP contribution >= 0.6 is 27.5 Å². The van der Waals surface area contributed by atoms with Crippen molar-refractivity contribution in [2.24, 2.45) is 0 Å². The first-order chi connectivity index (χ1) is 17.9. The Bertz CT molecular complexity index is 1460. The van der Waals surface area contributed by atoms with Gasteiger partial charge in [-0.05, 0) is 64.5 Å². The fourth-order valence-electron chi connectivity index (χ4n) is 3.74. The molecular weight excluding hydrogens is 564 g/mol. The number of methoxy groups -OCH3 is 3. The topological polar surface area (TPSA) is 88.9 Å². The molecule has 37 heavy (non-hydrogen) atoms. The second-order valence-electron chi connectivity index (χ2n) is 7.69. The molecule has 0 amide bonds. The number of hydrogen-bond donors (Lipinski definition) is 0. The van der Waals surface area contributed by atoms with Crippen LogP contribution in [0.5, 0.6) is 11.5 Å². The van der Waals surface area contributed by atoms with Gasteiger partial charge in [0.05, 0.1) is 31.5 Å². The van der Waals surface area contributed by atoms with Gasteiger partial charge in [0.2, 0.25) is 0 Å². The van der Waals surface area contributed by atoms with Crippen molar-refractivity contribution in [1.29, 1.82) is 0 Å². The lowest BCUT2D eigenvalue weighted by Gasteiger charge is -2.13. The van der Waals surface area contributed by atoms with E-state index in [-0.39, 0.29) is 23.6 Å². The first kappa shape index (κ1) is 26.2. The number of carbonyl (C=O) groups is 2. The molecule has 4 rings (SSSR count). The van der Waals surface area contributed by atoms with Crippen LogP contribution < -0.4 is 9.47 Å². The molecule has 0 saturated carbocycles. The normalized spacial score (nSPS) is 10.6. The zero-order valence-electron chi connectivity index (χ0n) is 20.2. The van der Waals surface area contributed by atoms with Crippen LogP contribution in [-0.2, 0) is 16.1 Å². The minimum Gasteiger partial charge on any atom is -0.496 e. The van der Waals surface area contributed by atoms with E-state index in [1.165, 1.54) is 18.9 Å². The quantitative estimate of drug-likeness (QED) is 0.230. The monoisotopic (exact) mass is 584 g/mol. The van der Waals surface area contributed by atoms with Crippen molar-refractivity contribution in [1.82, 2.24) is 9.78 Å². The van der Waals surface area contributed by atoms with E-state index < -0.39 is 11.9 Å². The van der Waals surface area contributed by atoms with Gasteiger partial charge in [0.15, 0.2) is 5.69 Å². The van der Waals surface area contributed by atoms with Gasteiger partial charge in [-0.3, -0.25) is 0 Å². The molecule has 0 aliphatic carbocycles. The Hall–Kier alpha value is -3.82. The predicted octanol–water partition coefficient (Wildman–Crippen LogP) is 6.12. The fraction of sp³-hybridized carbons (Fsp3) is 0.148. The van der Waals surface area contributed by atoms with E-state index in [1.54, 1.807) is 67.8 Å². The largest absolute Gasteiger partial charge is 0.496 e. The second-order valence-corrected chi connectivity index (χ2v) is 8.98. The maximum absolute atomic E-state index is 12.9.